The molecule has 3 N–H and O–H groups in total. The highest BCUT2D eigenvalue weighted by molar-refractivity contribution is 7.46. The Morgan fingerprint density at radius 2 is 0.966 bits per heavy atom. The fourth-order valence-electron chi connectivity index (χ4n) is 6.50. The van der Waals surface area contributed by atoms with E-state index in [-0.39, 0.29) is 25.6 Å². The minimum Gasteiger partial charge on any atom is -0.462 e. The Bertz CT molecular complexity index is 1110. The van der Waals surface area contributed by atoms with Gasteiger partial charge in [0.25, 0.3) is 0 Å². The molecule has 0 spiro atoms. The van der Waals surface area contributed by atoms with Crippen molar-refractivity contribution < 1.29 is 43.0 Å². The molecule has 0 amide bonds. The molecule has 0 aliphatic rings. The number of unbranched alkanes of at least 4 members (excludes halogenated alkanes) is 18. The molecule has 58 heavy (non-hydrogen) atoms. The van der Waals surface area contributed by atoms with Crippen LogP contribution in [0.3, 0.4) is 0 Å². The molecule has 0 aliphatic carbocycles. The lowest BCUT2D eigenvalue weighted by atomic mass is 9.99. The largest absolute Gasteiger partial charge is 0.469 e. The van der Waals surface area contributed by atoms with Crippen LogP contribution in [0.1, 0.15) is 213 Å². The first-order valence-electron chi connectivity index (χ1n) is 23.4. The number of aliphatic hydroxyl groups excluding tert-OH is 1. The van der Waals surface area contributed by atoms with Crippen molar-refractivity contribution in [2.45, 2.75) is 226 Å². The Morgan fingerprint density at radius 1 is 0.534 bits per heavy atom. The number of esters is 2. The number of carbonyl (C=O) groups excluding carboxylic acids is 2. The minimum atomic E-state index is -4.78. The molecule has 0 fully saturated rings. The van der Waals surface area contributed by atoms with Crippen molar-refractivity contribution in [2.75, 3.05) is 13.2 Å². The van der Waals surface area contributed by atoms with Crippen LogP contribution in [-0.2, 0) is 28.2 Å². The first-order chi connectivity index (χ1) is 28.1. The number of ether oxygens (including phenoxy) is 2. The Kier molecular flexibility index (Phi) is 40.2. The van der Waals surface area contributed by atoms with Crippen LogP contribution in [0.25, 0.3) is 0 Å². The predicted molar refractivity (Wildman–Crippen MR) is 240 cm³/mol. The van der Waals surface area contributed by atoms with Gasteiger partial charge in [-0.15, -0.1) is 0 Å². The van der Waals surface area contributed by atoms with E-state index in [1.165, 1.54) is 109 Å². The van der Waals surface area contributed by atoms with Crippen LogP contribution in [-0.4, -0.2) is 52.3 Å². The highest BCUT2D eigenvalue weighted by Crippen LogP contribution is 2.36. The second-order valence-electron chi connectivity index (χ2n) is 16.1. The van der Waals surface area contributed by atoms with Gasteiger partial charge in [0.05, 0.1) is 12.7 Å². The zero-order valence-corrected chi connectivity index (χ0v) is 38.1. The molecule has 0 bridgehead atoms. The molecule has 10 heteroatoms. The summed E-state index contributed by atoms with van der Waals surface area (Å²) in [5.41, 5.74) is 0. The highest BCUT2D eigenvalue weighted by atomic mass is 31.2. The van der Waals surface area contributed by atoms with E-state index in [0.717, 1.165) is 57.3 Å². The molecule has 9 nitrogen and oxygen atoms in total. The fraction of sp³-hybridized carbons (Fsp3) is 0.792. The summed E-state index contributed by atoms with van der Waals surface area (Å²) in [5.74, 6) is -0.0665. The van der Waals surface area contributed by atoms with E-state index >= 15 is 0 Å². The van der Waals surface area contributed by atoms with E-state index in [2.05, 4.69) is 54.8 Å². The second kappa shape index (κ2) is 41.7. The number of rotatable bonds is 42. The molecule has 0 aromatic heterocycles. The average molecular weight is 839 g/mol. The van der Waals surface area contributed by atoms with Gasteiger partial charge < -0.3 is 24.4 Å². The SMILES string of the molecule is CCC(C)CCCCCCCCCCCCCCCCCCCCC(=O)OC[C@H](COP(=O)(O)O)OC(=O)CCC/C=C\C/C=C\C/C=C\C/C=C\CC[C@H](O)CC. The van der Waals surface area contributed by atoms with Crippen molar-refractivity contribution in [1.82, 2.24) is 0 Å². The lowest BCUT2D eigenvalue weighted by Crippen LogP contribution is -2.29. The zero-order chi connectivity index (χ0) is 42.8. The molecule has 0 aromatic carbocycles. The van der Waals surface area contributed by atoms with Crippen molar-refractivity contribution in [3.05, 3.63) is 48.6 Å². The van der Waals surface area contributed by atoms with Crippen molar-refractivity contribution in [1.29, 1.82) is 0 Å². The van der Waals surface area contributed by atoms with Crippen LogP contribution in [0.2, 0.25) is 0 Å². The van der Waals surface area contributed by atoms with Gasteiger partial charge in [0.15, 0.2) is 6.10 Å². The molecule has 0 saturated carbocycles. The van der Waals surface area contributed by atoms with E-state index < -0.39 is 32.5 Å². The Hall–Kier alpha value is -2.03. The lowest BCUT2D eigenvalue weighted by Gasteiger charge is -2.18. The predicted octanol–water partition coefficient (Wildman–Crippen LogP) is 13.5. The normalized spacial score (nSPS) is 14.0. The summed E-state index contributed by atoms with van der Waals surface area (Å²) in [6.45, 7) is 5.77. The molecule has 338 valence electrons. The van der Waals surface area contributed by atoms with Crippen LogP contribution in [0.5, 0.6) is 0 Å². The number of phosphoric acid groups is 1. The zero-order valence-electron chi connectivity index (χ0n) is 37.2. The van der Waals surface area contributed by atoms with Crippen LogP contribution in [0.4, 0.5) is 0 Å². The average Bonchev–Trinajstić information content (AvgIpc) is 3.20. The molecule has 0 saturated heterocycles. The molecule has 0 rings (SSSR count). The number of phosphoric ester groups is 1. The first-order valence-corrected chi connectivity index (χ1v) is 24.9. The van der Waals surface area contributed by atoms with Gasteiger partial charge >= 0.3 is 19.8 Å². The smallest absolute Gasteiger partial charge is 0.462 e. The summed E-state index contributed by atoms with van der Waals surface area (Å²) < 4.78 is 26.4. The fourth-order valence-corrected chi connectivity index (χ4v) is 6.86. The molecule has 0 heterocycles. The number of hydrogen-bond acceptors (Lipinski definition) is 7. The maximum atomic E-state index is 12.4. The first kappa shape index (κ1) is 56.0. The summed E-state index contributed by atoms with van der Waals surface area (Å²) in [5, 5.41) is 9.55. The second-order valence-corrected chi connectivity index (χ2v) is 17.4. The van der Waals surface area contributed by atoms with Gasteiger partial charge in [0, 0.05) is 12.8 Å². The van der Waals surface area contributed by atoms with Gasteiger partial charge in [-0.1, -0.05) is 191 Å². The van der Waals surface area contributed by atoms with Gasteiger partial charge in [-0.25, -0.2) is 4.57 Å². The van der Waals surface area contributed by atoms with E-state index in [1.807, 2.05) is 19.1 Å². The van der Waals surface area contributed by atoms with Gasteiger partial charge in [0.2, 0.25) is 0 Å². The molecular weight excluding hydrogens is 751 g/mol. The highest BCUT2D eigenvalue weighted by Gasteiger charge is 2.22. The van der Waals surface area contributed by atoms with Crippen molar-refractivity contribution in [3.8, 4) is 0 Å². The maximum absolute atomic E-state index is 12.4. The van der Waals surface area contributed by atoms with Crippen LogP contribution >= 0.6 is 7.82 Å². The monoisotopic (exact) mass is 839 g/mol. The quantitative estimate of drug-likeness (QED) is 0.0237. The molecule has 0 radical (unpaired) electrons. The van der Waals surface area contributed by atoms with Crippen molar-refractivity contribution in [3.63, 3.8) is 0 Å². The Balaban J connectivity index is 3.92. The number of hydrogen-bond donors (Lipinski definition) is 3. The summed E-state index contributed by atoms with van der Waals surface area (Å²) in [6.07, 6.45) is 47.8. The summed E-state index contributed by atoms with van der Waals surface area (Å²) in [6, 6.07) is 0. The molecular formula is C48H87O9P. The third-order valence-corrected chi connectivity index (χ3v) is 11.0. The lowest BCUT2D eigenvalue weighted by molar-refractivity contribution is -0.161. The third kappa shape index (κ3) is 43.5. The topological polar surface area (TPSA) is 140 Å². The Labute approximate surface area is 355 Å². The molecule has 0 aliphatic heterocycles. The Morgan fingerprint density at radius 3 is 1.43 bits per heavy atom. The minimum absolute atomic E-state index is 0.123. The van der Waals surface area contributed by atoms with Crippen LogP contribution in [0.15, 0.2) is 48.6 Å². The van der Waals surface area contributed by atoms with E-state index in [0.29, 0.717) is 19.3 Å². The standard InChI is InChI=1S/C48H87O9P/c1-4-44(3)38-34-30-26-22-18-14-10-8-6-7-9-11-16-20-24-28-32-36-40-47(50)55-42-46(43-56-58(52,53)54)57-48(51)41-37-33-29-25-21-17-13-12-15-19-23-27-31-35-39-45(49)5-2/h13,15,17,19,25,27,29,31,44-46,49H,4-12,14,16,18,20-24,26,28,30,32-43H2,1-3H3,(H2,52,53,54)/b17-13-,19-15-,29-25-,31-27-/t44?,45-,46-/m1/s1. The molecule has 1 unspecified atom stereocenters. The van der Waals surface area contributed by atoms with E-state index in [9.17, 15) is 19.3 Å². The van der Waals surface area contributed by atoms with Crippen molar-refractivity contribution >= 4 is 19.8 Å². The van der Waals surface area contributed by atoms with Gasteiger partial charge in [-0.3, -0.25) is 14.1 Å². The summed E-state index contributed by atoms with van der Waals surface area (Å²) >= 11 is 0. The van der Waals surface area contributed by atoms with Crippen molar-refractivity contribution in [2.24, 2.45) is 5.92 Å². The van der Waals surface area contributed by atoms with Gasteiger partial charge in [-0.05, 0) is 63.7 Å². The van der Waals surface area contributed by atoms with E-state index in [1.54, 1.807) is 0 Å². The molecule has 3 atom stereocenters. The van der Waals surface area contributed by atoms with Gasteiger partial charge in [-0.2, -0.15) is 0 Å². The number of aliphatic hydroxyl groups is 1. The summed E-state index contributed by atoms with van der Waals surface area (Å²) in [7, 11) is -4.78. The van der Waals surface area contributed by atoms with E-state index in [4.69, 9.17) is 19.3 Å². The van der Waals surface area contributed by atoms with Crippen LogP contribution in [0, 0.1) is 5.92 Å². The van der Waals surface area contributed by atoms with Crippen LogP contribution < -0.4 is 0 Å². The summed E-state index contributed by atoms with van der Waals surface area (Å²) in [4.78, 5) is 42.9. The third-order valence-electron chi connectivity index (χ3n) is 10.6. The number of allylic oxidation sites excluding steroid dienone is 8. The maximum Gasteiger partial charge on any atom is 0.469 e. The molecule has 0 aromatic rings. The van der Waals surface area contributed by atoms with Gasteiger partial charge in [0.1, 0.15) is 6.61 Å². The number of carbonyl (C=O) groups is 2.